The highest BCUT2D eigenvalue weighted by Gasteiger charge is 2.21. The molecule has 1 aromatic carbocycles. The average Bonchev–Trinajstić information content (AvgIpc) is 2.36. The van der Waals surface area contributed by atoms with Crippen molar-refractivity contribution in [3.63, 3.8) is 0 Å². The Kier molecular flexibility index (Phi) is 3.84. The molecule has 5 nitrogen and oxygen atoms in total. The molecule has 1 amide bonds. The van der Waals surface area contributed by atoms with Crippen molar-refractivity contribution in [2.24, 2.45) is 5.10 Å². The van der Waals surface area contributed by atoms with Gasteiger partial charge in [-0.25, -0.2) is 10.2 Å². The molecular formula is C11H8Cl2N2O3. The largest absolute Gasteiger partial charge is 0.420 e. The van der Waals surface area contributed by atoms with Gasteiger partial charge in [0.1, 0.15) is 10.7 Å². The van der Waals surface area contributed by atoms with Crippen molar-refractivity contribution in [1.29, 1.82) is 0 Å². The van der Waals surface area contributed by atoms with E-state index >= 15 is 0 Å². The number of ether oxygens (including phenoxy) is 1. The topological polar surface area (TPSA) is 67.8 Å². The standard InChI is InChI=1S/C11H8Cl2N2O3/c12-6-2-1-3-8(10(6)13)18-11(17)7-4-5-9(16)15-14-7/h1-3H,4-5H2,(H,15,16). The maximum Gasteiger partial charge on any atom is 0.359 e. The molecule has 0 aliphatic carbocycles. The summed E-state index contributed by atoms with van der Waals surface area (Å²) < 4.78 is 5.06. The van der Waals surface area contributed by atoms with Crippen LogP contribution in [0.25, 0.3) is 0 Å². The van der Waals surface area contributed by atoms with Crippen LogP contribution in [0, 0.1) is 0 Å². The summed E-state index contributed by atoms with van der Waals surface area (Å²) in [6.07, 6.45) is 0.445. The summed E-state index contributed by atoms with van der Waals surface area (Å²) in [4.78, 5) is 22.6. The zero-order chi connectivity index (χ0) is 13.1. The lowest BCUT2D eigenvalue weighted by Crippen LogP contribution is -2.31. The molecule has 0 saturated heterocycles. The minimum atomic E-state index is -0.654. The molecule has 1 aromatic rings. The Labute approximate surface area is 113 Å². The lowest BCUT2D eigenvalue weighted by atomic mass is 10.2. The van der Waals surface area contributed by atoms with E-state index in [-0.39, 0.29) is 35.2 Å². The molecule has 2 rings (SSSR count). The van der Waals surface area contributed by atoms with E-state index in [1.54, 1.807) is 12.1 Å². The average molecular weight is 287 g/mol. The lowest BCUT2D eigenvalue weighted by Gasteiger charge is -2.12. The first-order valence-electron chi connectivity index (χ1n) is 5.09. The molecule has 0 radical (unpaired) electrons. The monoisotopic (exact) mass is 286 g/mol. The number of hydrazone groups is 1. The van der Waals surface area contributed by atoms with Crippen molar-refractivity contribution in [2.45, 2.75) is 12.8 Å². The van der Waals surface area contributed by atoms with E-state index in [0.717, 1.165) is 0 Å². The number of esters is 1. The van der Waals surface area contributed by atoms with E-state index in [1.807, 2.05) is 0 Å². The van der Waals surface area contributed by atoms with Crippen LogP contribution in [0.5, 0.6) is 5.75 Å². The van der Waals surface area contributed by atoms with Crippen molar-refractivity contribution in [1.82, 2.24) is 5.43 Å². The zero-order valence-electron chi connectivity index (χ0n) is 9.07. The summed E-state index contributed by atoms with van der Waals surface area (Å²) in [5.74, 6) is -0.722. The second-order valence-electron chi connectivity index (χ2n) is 3.53. The summed E-state index contributed by atoms with van der Waals surface area (Å²) in [7, 11) is 0. The molecule has 1 aliphatic heterocycles. The summed E-state index contributed by atoms with van der Waals surface area (Å²) in [5, 5.41) is 4.08. The molecule has 0 aromatic heterocycles. The number of nitrogens with zero attached hydrogens (tertiary/aromatic N) is 1. The molecule has 1 aliphatic rings. The third-order valence-electron chi connectivity index (χ3n) is 2.26. The summed E-state index contributed by atoms with van der Waals surface area (Å²) >= 11 is 11.7. The van der Waals surface area contributed by atoms with Crippen molar-refractivity contribution in [3.05, 3.63) is 28.2 Å². The fourth-order valence-corrected chi connectivity index (χ4v) is 1.67. The van der Waals surface area contributed by atoms with Crippen molar-refractivity contribution >= 4 is 40.8 Å². The Morgan fingerprint density at radius 2 is 2.11 bits per heavy atom. The molecule has 7 heteroatoms. The van der Waals surface area contributed by atoms with Gasteiger partial charge in [-0.1, -0.05) is 29.3 Å². The molecule has 0 unspecified atom stereocenters. The molecule has 18 heavy (non-hydrogen) atoms. The second kappa shape index (κ2) is 5.37. The van der Waals surface area contributed by atoms with Gasteiger partial charge < -0.3 is 4.74 Å². The number of benzene rings is 1. The van der Waals surface area contributed by atoms with Gasteiger partial charge in [-0.15, -0.1) is 0 Å². The Morgan fingerprint density at radius 1 is 1.33 bits per heavy atom. The number of nitrogens with one attached hydrogen (secondary N) is 1. The molecule has 0 fully saturated rings. The number of amides is 1. The van der Waals surface area contributed by atoms with Crippen LogP contribution in [0.1, 0.15) is 12.8 Å². The Balaban J connectivity index is 2.12. The quantitative estimate of drug-likeness (QED) is 0.669. The van der Waals surface area contributed by atoms with Crippen molar-refractivity contribution in [2.75, 3.05) is 0 Å². The fraction of sp³-hybridized carbons (Fsp3) is 0.182. The third-order valence-corrected chi connectivity index (χ3v) is 3.06. The van der Waals surface area contributed by atoms with E-state index < -0.39 is 5.97 Å². The highest BCUT2D eigenvalue weighted by atomic mass is 35.5. The zero-order valence-corrected chi connectivity index (χ0v) is 10.6. The molecule has 1 heterocycles. The number of carbonyl (C=O) groups excluding carboxylic acids is 2. The minimum absolute atomic E-state index is 0.144. The maximum absolute atomic E-state index is 11.7. The molecular weight excluding hydrogens is 279 g/mol. The summed E-state index contributed by atoms with van der Waals surface area (Å²) in [6.45, 7) is 0. The van der Waals surface area contributed by atoms with E-state index in [4.69, 9.17) is 27.9 Å². The number of rotatable bonds is 2. The molecule has 1 N–H and O–H groups in total. The maximum atomic E-state index is 11.7. The van der Waals surface area contributed by atoms with Crippen LogP contribution < -0.4 is 10.2 Å². The molecule has 0 spiro atoms. The first kappa shape index (κ1) is 12.9. The van der Waals surface area contributed by atoms with Gasteiger partial charge >= 0.3 is 5.97 Å². The first-order valence-corrected chi connectivity index (χ1v) is 5.85. The number of hydrogen-bond donors (Lipinski definition) is 1. The van der Waals surface area contributed by atoms with Gasteiger partial charge in [0.05, 0.1) is 5.02 Å². The van der Waals surface area contributed by atoms with Crippen molar-refractivity contribution in [3.8, 4) is 5.75 Å². The second-order valence-corrected chi connectivity index (χ2v) is 4.32. The van der Waals surface area contributed by atoms with E-state index in [9.17, 15) is 9.59 Å². The van der Waals surface area contributed by atoms with Gasteiger partial charge in [-0.3, -0.25) is 4.79 Å². The van der Waals surface area contributed by atoms with E-state index in [2.05, 4.69) is 10.5 Å². The molecule has 0 saturated carbocycles. The Bertz CT molecular complexity index is 543. The van der Waals surface area contributed by atoms with Crippen molar-refractivity contribution < 1.29 is 14.3 Å². The normalized spacial score (nSPS) is 14.8. The Morgan fingerprint density at radius 3 is 2.78 bits per heavy atom. The van der Waals surface area contributed by atoms with Crippen LogP contribution in [-0.4, -0.2) is 17.6 Å². The first-order chi connectivity index (χ1) is 8.58. The predicted octanol–water partition coefficient (Wildman–Crippen LogP) is 2.16. The third kappa shape index (κ3) is 2.80. The van der Waals surface area contributed by atoms with Crippen LogP contribution in [0.3, 0.4) is 0 Å². The molecule has 94 valence electrons. The van der Waals surface area contributed by atoms with E-state index in [0.29, 0.717) is 5.02 Å². The molecule has 0 atom stereocenters. The highest BCUT2D eigenvalue weighted by Crippen LogP contribution is 2.31. The van der Waals surface area contributed by atoms with E-state index in [1.165, 1.54) is 6.07 Å². The number of hydrogen-bond acceptors (Lipinski definition) is 4. The highest BCUT2D eigenvalue weighted by molar-refractivity contribution is 6.43. The van der Waals surface area contributed by atoms with Crippen LogP contribution in [-0.2, 0) is 9.59 Å². The number of carbonyl (C=O) groups is 2. The SMILES string of the molecule is O=C1CCC(C(=O)Oc2cccc(Cl)c2Cl)=NN1. The van der Waals surface area contributed by atoms with Crippen LogP contribution >= 0.6 is 23.2 Å². The van der Waals surface area contributed by atoms with Crippen LogP contribution in [0.2, 0.25) is 10.0 Å². The predicted molar refractivity (Wildman–Crippen MR) is 66.9 cm³/mol. The lowest BCUT2D eigenvalue weighted by molar-refractivity contribution is -0.127. The van der Waals surface area contributed by atoms with Crippen LogP contribution in [0.4, 0.5) is 0 Å². The fourth-order valence-electron chi connectivity index (χ4n) is 1.34. The Hall–Kier alpha value is -1.59. The summed E-state index contributed by atoms with van der Waals surface area (Å²) in [6, 6.07) is 4.72. The van der Waals surface area contributed by atoms with Gasteiger partial charge in [0.15, 0.2) is 5.75 Å². The van der Waals surface area contributed by atoms with Gasteiger partial charge in [0.2, 0.25) is 5.91 Å². The molecule has 0 bridgehead atoms. The van der Waals surface area contributed by atoms with Crippen LogP contribution in [0.15, 0.2) is 23.3 Å². The van der Waals surface area contributed by atoms with Gasteiger partial charge in [-0.2, -0.15) is 5.10 Å². The van der Waals surface area contributed by atoms with Gasteiger partial charge in [0.25, 0.3) is 0 Å². The summed E-state index contributed by atoms with van der Waals surface area (Å²) in [5.41, 5.74) is 2.36. The number of halogens is 2. The van der Waals surface area contributed by atoms with Gasteiger partial charge in [0, 0.05) is 12.8 Å². The minimum Gasteiger partial charge on any atom is -0.420 e. The van der Waals surface area contributed by atoms with Gasteiger partial charge in [-0.05, 0) is 12.1 Å². The smallest absolute Gasteiger partial charge is 0.359 e.